The van der Waals surface area contributed by atoms with Crippen molar-refractivity contribution >= 4 is 45.5 Å². The predicted octanol–water partition coefficient (Wildman–Crippen LogP) is 3.54. The van der Waals surface area contributed by atoms with Gasteiger partial charge in [0.2, 0.25) is 5.13 Å². The normalized spacial score (nSPS) is 10.5. The fraction of sp³-hybridized carbons (Fsp3) is 0.0769. The van der Waals surface area contributed by atoms with Crippen LogP contribution < -0.4 is 5.32 Å². The van der Waals surface area contributed by atoms with Crippen LogP contribution in [0.15, 0.2) is 46.2 Å². The zero-order chi connectivity index (χ0) is 14.5. The number of thioether (sulfide) groups is 1. The Balaban J connectivity index is 1.59. The van der Waals surface area contributed by atoms with Crippen molar-refractivity contribution in [3.05, 3.63) is 52.5 Å². The molecule has 21 heavy (non-hydrogen) atoms. The summed E-state index contributed by atoms with van der Waals surface area (Å²) in [5.74, 6) is 0.585. The Kier molecular flexibility index (Phi) is 4.59. The largest absolute Gasteiger partial charge is 0.295 e. The van der Waals surface area contributed by atoms with E-state index < -0.39 is 0 Å². The molecule has 0 saturated carbocycles. The Morgan fingerprint density at radius 2 is 2.19 bits per heavy atom. The lowest BCUT2D eigenvalue weighted by Crippen LogP contribution is -2.13. The summed E-state index contributed by atoms with van der Waals surface area (Å²) in [6.45, 7) is 0. The molecule has 1 amide bonds. The Morgan fingerprint density at radius 1 is 1.24 bits per heavy atom. The predicted molar refractivity (Wildman–Crippen MR) is 86.0 cm³/mol. The summed E-state index contributed by atoms with van der Waals surface area (Å²) in [5.41, 5.74) is 0.362. The molecule has 0 fully saturated rings. The van der Waals surface area contributed by atoms with Crippen molar-refractivity contribution < 1.29 is 4.79 Å². The van der Waals surface area contributed by atoms with Gasteiger partial charge in [0.25, 0.3) is 5.91 Å². The quantitative estimate of drug-likeness (QED) is 0.571. The van der Waals surface area contributed by atoms with Crippen molar-refractivity contribution in [3.63, 3.8) is 0 Å². The zero-order valence-corrected chi connectivity index (χ0v) is 13.2. The van der Waals surface area contributed by atoms with Crippen molar-refractivity contribution in [2.24, 2.45) is 0 Å². The summed E-state index contributed by atoms with van der Waals surface area (Å²) < 4.78 is 0.833. The molecule has 3 aromatic rings. The Bertz CT molecular complexity index is 712. The number of rotatable bonds is 5. The van der Waals surface area contributed by atoms with Gasteiger partial charge in [-0.05, 0) is 23.6 Å². The van der Waals surface area contributed by atoms with Gasteiger partial charge in [0.1, 0.15) is 5.69 Å². The Labute approximate surface area is 133 Å². The van der Waals surface area contributed by atoms with Gasteiger partial charge in [0, 0.05) is 16.8 Å². The SMILES string of the molecule is O=C(Nc1nnc(SCc2cccs2)s1)c1ccccn1. The minimum absolute atomic E-state index is 0.276. The van der Waals surface area contributed by atoms with E-state index in [0.29, 0.717) is 10.8 Å². The molecule has 0 aliphatic heterocycles. The highest BCUT2D eigenvalue weighted by atomic mass is 32.2. The third-order valence-electron chi connectivity index (χ3n) is 2.44. The van der Waals surface area contributed by atoms with Crippen LogP contribution in [0.4, 0.5) is 5.13 Å². The van der Waals surface area contributed by atoms with Gasteiger partial charge in [-0.15, -0.1) is 21.5 Å². The summed E-state index contributed by atoms with van der Waals surface area (Å²) >= 11 is 4.69. The van der Waals surface area contributed by atoms with Crippen molar-refractivity contribution in [1.29, 1.82) is 0 Å². The zero-order valence-electron chi connectivity index (χ0n) is 10.7. The van der Waals surface area contributed by atoms with Crippen LogP contribution in [-0.2, 0) is 5.75 Å². The highest BCUT2D eigenvalue weighted by Crippen LogP contribution is 2.29. The highest BCUT2D eigenvalue weighted by molar-refractivity contribution is 8.00. The molecule has 0 spiro atoms. The van der Waals surface area contributed by atoms with Crippen LogP contribution in [0, 0.1) is 0 Å². The van der Waals surface area contributed by atoms with E-state index in [1.807, 2.05) is 6.07 Å². The molecule has 0 bridgehead atoms. The molecular weight excluding hydrogens is 324 g/mol. The average molecular weight is 334 g/mol. The van der Waals surface area contributed by atoms with Crippen LogP contribution in [0.2, 0.25) is 0 Å². The van der Waals surface area contributed by atoms with Crippen molar-refractivity contribution in [1.82, 2.24) is 15.2 Å². The maximum Gasteiger partial charge on any atom is 0.276 e. The summed E-state index contributed by atoms with van der Waals surface area (Å²) in [6, 6.07) is 9.30. The minimum atomic E-state index is -0.276. The Hall–Kier alpha value is -1.77. The second-order valence-corrected chi connectivity index (χ2v) is 7.14. The number of anilines is 1. The molecule has 3 heterocycles. The van der Waals surface area contributed by atoms with Crippen molar-refractivity contribution in [2.45, 2.75) is 10.1 Å². The lowest BCUT2D eigenvalue weighted by molar-refractivity contribution is 0.102. The smallest absolute Gasteiger partial charge is 0.276 e. The first kappa shape index (κ1) is 14.2. The summed E-state index contributed by atoms with van der Waals surface area (Å²) in [7, 11) is 0. The van der Waals surface area contributed by atoms with E-state index in [1.54, 1.807) is 47.5 Å². The molecule has 3 aromatic heterocycles. The molecule has 0 radical (unpaired) electrons. The fourth-order valence-electron chi connectivity index (χ4n) is 1.50. The molecule has 8 heteroatoms. The molecule has 0 aliphatic rings. The number of thiophene rings is 1. The van der Waals surface area contributed by atoms with Gasteiger partial charge in [0.15, 0.2) is 4.34 Å². The number of pyridine rings is 1. The maximum absolute atomic E-state index is 11.9. The third-order valence-corrected chi connectivity index (χ3v) is 5.52. The van der Waals surface area contributed by atoms with Gasteiger partial charge in [-0.25, -0.2) is 0 Å². The number of nitrogens with zero attached hydrogens (tertiary/aromatic N) is 3. The number of aromatic nitrogens is 3. The lowest BCUT2D eigenvalue weighted by Gasteiger charge is -1.98. The van der Waals surface area contributed by atoms with Gasteiger partial charge < -0.3 is 0 Å². The maximum atomic E-state index is 11.9. The van der Waals surface area contributed by atoms with Crippen LogP contribution in [0.25, 0.3) is 0 Å². The van der Waals surface area contributed by atoms with Crippen LogP contribution in [0.1, 0.15) is 15.4 Å². The van der Waals surface area contributed by atoms with E-state index in [2.05, 4.69) is 31.9 Å². The van der Waals surface area contributed by atoms with Crippen LogP contribution >= 0.6 is 34.4 Å². The number of carbonyl (C=O) groups is 1. The number of amides is 1. The first-order chi connectivity index (χ1) is 10.3. The first-order valence-electron chi connectivity index (χ1n) is 6.02. The number of hydrogen-bond acceptors (Lipinski definition) is 7. The molecule has 0 saturated heterocycles. The minimum Gasteiger partial charge on any atom is -0.295 e. The van der Waals surface area contributed by atoms with Gasteiger partial charge in [-0.2, -0.15) is 0 Å². The third kappa shape index (κ3) is 3.87. The molecule has 0 atom stereocenters. The lowest BCUT2D eigenvalue weighted by atomic mass is 10.3. The molecule has 0 aliphatic carbocycles. The summed E-state index contributed by atoms with van der Waals surface area (Å²) in [5, 5.41) is 13.3. The number of hydrogen-bond donors (Lipinski definition) is 1. The summed E-state index contributed by atoms with van der Waals surface area (Å²) in [4.78, 5) is 17.2. The highest BCUT2D eigenvalue weighted by Gasteiger charge is 2.11. The summed E-state index contributed by atoms with van der Waals surface area (Å²) in [6.07, 6.45) is 1.58. The molecule has 0 aromatic carbocycles. The van der Waals surface area contributed by atoms with Gasteiger partial charge in [-0.1, -0.05) is 35.2 Å². The average Bonchev–Trinajstić information content (AvgIpc) is 3.17. The second kappa shape index (κ2) is 6.79. The van der Waals surface area contributed by atoms with Crippen LogP contribution in [-0.4, -0.2) is 21.1 Å². The molecule has 1 N–H and O–H groups in total. The standard InChI is InChI=1S/C13H10N4OS3/c18-11(10-5-1-2-6-14-10)15-12-16-17-13(21-12)20-8-9-4-3-7-19-9/h1-7H,8H2,(H,15,16,18). The molecular formula is C13H10N4OS3. The molecule has 5 nitrogen and oxygen atoms in total. The van der Waals surface area contributed by atoms with Crippen molar-refractivity contribution in [3.8, 4) is 0 Å². The van der Waals surface area contributed by atoms with E-state index in [4.69, 9.17) is 0 Å². The first-order valence-corrected chi connectivity index (χ1v) is 8.70. The Morgan fingerprint density at radius 3 is 2.95 bits per heavy atom. The van der Waals surface area contributed by atoms with Crippen molar-refractivity contribution in [2.75, 3.05) is 5.32 Å². The molecule has 106 valence electrons. The number of nitrogens with one attached hydrogen (secondary N) is 1. The van der Waals surface area contributed by atoms with E-state index in [9.17, 15) is 4.79 Å². The molecule has 3 rings (SSSR count). The number of carbonyl (C=O) groups excluding carboxylic acids is 1. The van der Waals surface area contributed by atoms with E-state index in [0.717, 1.165) is 10.1 Å². The molecule has 0 unspecified atom stereocenters. The second-order valence-electron chi connectivity index (χ2n) is 3.91. The fourth-order valence-corrected chi connectivity index (χ4v) is 4.02. The monoisotopic (exact) mass is 334 g/mol. The van der Waals surface area contributed by atoms with Gasteiger partial charge in [-0.3, -0.25) is 15.1 Å². The van der Waals surface area contributed by atoms with Gasteiger partial charge >= 0.3 is 0 Å². The van der Waals surface area contributed by atoms with E-state index >= 15 is 0 Å². The topological polar surface area (TPSA) is 67.8 Å². The van der Waals surface area contributed by atoms with Crippen LogP contribution in [0.5, 0.6) is 0 Å². The van der Waals surface area contributed by atoms with Crippen LogP contribution in [0.3, 0.4) is 0 Å². The van der Waals surface area contributed by atoms with Gasteiger partial charge in [0.05, 0.1) is 0 Å². The van der Waals surface area contributed by atoms with E-state index in [-0.39, 0.29) is 5.91 Å². The van der Waals surface area contributed by atoms with E-state index in [1.165, 1.54) is 16.2 Å².